The van der Waals surface area contributed by atoms with Crippen LogP contribution in [0.5, 0.6) is 0 Å². The molecule has 0 aliphatic carbocycles. The molecule has 0 saturated carbocycles. The first kappa shape index (κ1) is 15.6. The van der Waals surface area contributed by atoms with E-state index in [1.54, 1.807) is 0 Å². The highest BCUT2D eigenvalue weighted by atomic mass is 15.2. The van der Waals surface area contributed by atoms with Gasteiger partial charge in [-0.15, -0.1) is 20.5 Å². The lowest BCUT2D eigenvalue weighted by Gasteiger charge is -1.96. The Balaban J connectivity index is 1.69. The fourth-order valence-electron chi connectivity index (χ4n) is 1.97. The lowest BCUT2D eigenvalue weighted by atomic mass is 10.3. The van der Waals surface area contributed by atoms with Crippen molar-refractivity contribution in [1.29, 1.82) is 0 Å². The molecule has 6 nitrogen and oxygen atoms in total. The second kappa shape index (κ2) is 7.32. The molecule has 3 rings (SSSR count). The number of hydrogen-bond acceptors (Lipinski definition) is 6. The zero-order valence-corrected chi connectivity index (χ0v) is 13.5. The van der Waals surface area contributed by atoms with Gasteiger partial charge in [0.25, 0.3) is 0 Å². The summed E-state index contributed by atoms with van der Waals surface area (Å²) in [5, 5.41) is 16.6. The van der Waals surface area contributed by atoms with Crippen molar-refractivity contribution in [3.05, 3.63) is 72.1 Å². The normalized spacial score (nSPS) is 11.4. The Labute approximate surface area is 140 Å². The van der Waals surface area contributed by atoms with E-state index in [1.165, 1.54) is 0 Å². The molecule has 0 N–H and O–H groups in total. The molecule has 24 heavy (non-hydrogen) atoms. The van der Waals surface area contributed by atoms with Crippen LogP contribution in [0.2, 0.25) is 0 Å². The summed E-state index contributed by atoms with van der Waals surface area (Å²) < 4.78 is 0. The van der Waals surface area contributed by atoms with Crippen molar-refractivity contribution in [2.45, 2.75) is 13.8 Å². The maximum atomic E-state index is 4.28. The van der Waals surface area contributed by atoms with Gasteiger partial charge < -0.3 is 0 Å². The zero-order chi connectivity index (χ0) is 16.8. The van der Waals surface area contributed by atoms with Crippen LogP contribution < -0.4 is 0 Å². The molecule has 0 aliphatic heterocycles. The maximum Gasteiger partial charge on any atom is 0.174 e. The standard InChI is InChI=1S/C18H16N6/c1-13-5-3-7-17(19-13)23-21-15-9-11-16(12-10-15)22-24-18-8-4-6-14(2)20-18/h3-12H,1-2H3. The second-order valence-electron chi connectivity index (χ2n) is 5.19. The van der Waals surface area contributed by atoms with Gasteiger partial charge >= 0.3 is 0 Å². The Hall–Kier alpha value is -3.28. The summed E-state index contributed by atoms with van der Waals surface area (Å²) >= 11 is 0. The predicted molar refractivity (Wildman–Crippen MR) is 92.7 cm³/mol. The first-order chi connectivity index (χ1) is 11.7. The van der Waals surface area contributed by atoms with Crippen molar-refractivity contribution in [2.24, 2.45) is 20.5 Å². The molecule has 2 heterocycles. The fraction of sp³-hybridized carbons (Fsp3) is 0.111. The highest BCUT2D eigenvalue weighted by molar-refractivity contribution is 5.47. The smallest absolute Gasteiger partial charge is 0.174 e. The molecule has 0 atom stereocenters. The molecule has 0 amide bonds. The van der Waals surface area contributed by atoms with Crippen molar-refractivity contribution in [1.82, 2.24) is 9.97 Å². The first-order valence-corrected chi connectivity index (χ1v) is 7.50. The summed E-state index contributed by atoms with van der Waals surface area (Å²) in [5.41, 5.74) is 3.27. The van der Waals surface area contributed by atoms with Crippen LogP contribution in [0.15, 0.2) is 81.1 Å². The summed E-state index contributed by atoms with van der Waals surface area (Å²) in [7, 11) is 0. The Kier molecular flexibility index (Phi) is 4.76. The largest absolute Gasteiger partial charge is 0.232 e. The van der Waals surface area contributed by atoms with E-state index in [4.69, 9.17) is 0 Å². The van der Waals surface area contributed by atoms with E-state index in [0.29, 0.717) is 11.6 Å². The van der Waals surface area contributed by atoms with Gasteiger partial charge in [-0.3, -0.25) is 0 Å². The molecule has 0 saturated heterocycles. The molecule has 0 radical (unpaired) electrons. The van der Waals surface area contributed by atoms with E-state index in [9.17, 15) is 0 Å². The van der Waals surface area contributed by atoms with Gasteiger partial charge in [-0.05, 0) is 62.4 Å². The maximum absolute atomic E-state index is 4.28. The lowest BCUT2D eigenvalue weighted by molar-refractivity contribution is 1.11. The summed E-state index contributed by atoms with van der Waals surface area (Å²) in [6.45, 7) is 3.84. The SMILES string of the molecule is Cc1cccc(N=Nc2ccc(N=Nc3cccc(C)n3)cc2)n1. The number of azo groups is 2. The molecular weight excluding hydrogens is 300 g/mol. The van der Waals surface area contributed by atoms with Gasteiger partial charge in [0.15, 0.2) is 11.6 Å². The van der Waals surface area contributed by atoms with Crippen molar-refractivity contribution >= 4 is 23.0 Å². The molecule has 0 bridgehead atoms. The Bertz CT molecular complexity index is 810. The molecule has 6 heteroatoms. The predicted octanol–water partition coefficient (Wildman–Crippen LogP) is 5.92. The minimum Gasteiger partial charge on any atom is -0.232 e. The van der Waals surface area contributed by atoms with Crippen molar-refractivity contribution in [3.63, 3.8) is 0 Å². The summed E-state index contributed by atoms with van der Waals surface area (Å²) in [6, 6.07) is 18.6. The van der Waals surface area contributed by atoms with Crippen LogP contribution in [0.3, 0.4) is 0 Å². The molecule has 0 fully saturated rings. The molecule has 0 unspecified atom stereocenters. The quantitative estimate of drug-likeness (QED) is 0.560. The minimum atomic E-state index is 0.587. The number of pyridine rings is 2. The molecule has 118 valence electrons. The van der Waals surface area contributed by atoms with Gasteiger partial charge in [0.1, 0.15) is 0 Å². The van der Waals surface area contributed by atoms with Crippen LogP contribution in [-0.4, -0.2) is 9.97 Å². The lowest BCUT2D eigenvalue weighted by Crippen LogP contribution is -1.77. The molecule has 3 aromatic rings. The summed E-state index contributed by atoms with van der Waals surface area (Å²) in [5.74, 6) is 1.17. The Morgan fingerprint density at radius 2 is 0.958 bits per heavy atom. The van der Waals surface area contributed by atoms with E-state index < -0.39 is 0 Å². The number of hydrogen-bond donors (Lipinski definition) is 0. The van der Waals surface area contributed by atoms with E-state index >= 15 is 0 Å². The van der Waals surface area contributed by atoms with Crippen LogP contribution >= 0.6 is 0 Å². The summed E-state index contributed by atoms with van der Waals surface area (Å²) in [4.78, 5) is 8.55. The van der Waals surface area contributed by atoms with Gasteiger partial charge in [-0.25, -0.2) is 9.97 Å². The minimum absolute atomic E-state index is 0.587. The highest BCUT2D eigenvalue weighted by Gasteiger charge is 1.95. The van der Waals surface area contributed by atoms with E-state index in [0.717, 1.165) is 22.8 Å². The van der Waals surface area contributed by atoms with Gasteiger partial charge in [0.05, 0.1) is 11.4 Å². The third-order valence-corrected chi connectivity index (χ3v) is 3.13. The molecule has 2 aromatic heterocycles. The van der Waals surface area contributed by atoms with E-state index in [-0.39, 0.29) is 0 Å². The van der Waals surface area contributed by atoms with Crippen molar-refractivity contribution in [3.8, 4) is 0 Å². The van der Waals surface area contributed by atoms with Gasteiger partial charge in [0, 0.05) is 11.4 Å². The van der Waals surface area contributed by atoms with Crippen molar-refractivity contribution in [2.75, 3.05) is 0 Å². The van der Waals surface area contributed by atoms with Gasteiger partial charge in [-0.1, -0.05) is 12.1 Å². The van der Waals surface area contributed by atoms with Crippen LogP contribution in [0.4, 0.5) is 23.0 Å². The zero-order valence-electron chi connectivity index (χ0n) is 13.5. The van der Waals surface area contributed by atoms with Crippen molar-refractivity contribution < 1.29 is 0 Å². The number of rotatable bonds is 4. The Morgan fingerprint density at radius 3 is 1.33 bits per heavy atom. The number of aromatic nitrogens is 2. The number of aryl methyl sites for hydroxylation is 2. The topological polar surface area (TPSA) is 75.2 Å². The van der Waals surface area contributed by atoms with Gasteiger partial charge in [-0.2, -0.15) is 0 Å². The first-order valence-electron chi connectivity index (χ1n) is 7.50. The van der Waals surface area contributed by atoms with Gasteiger partial charge in [0.2, 0.25) is 0 Å². The summed E-state index contributed by atoms with van der Waals surface area (Å²) in [6.07, 6.45) is 0. The molecule has 0 spiro atoms. The third-order valence-electron chi connectivity index (χ3n) is 3.13. The third kappa shape index (κ3) is 4.36. The molecular formula is C18H16N6. The molecule has 1 aromatic carbocycles. The van der Waals surface area contributed by atoms with E-state index in [1.807, 2.05) is 74.5 Å². The van der Waals surface area contributed by atoms with Crippen LogP contribution in [0.1, 0.15) is 11.4 Å². The van der Waals surface area contributed by atoms with Crippen LogP contribution in [-0.2, 0) is 0 Å². The second-order valence-corrected chi connectivity index (χ2v) is 5.19. The Morgan fingerprint density at radius 1 is 0.542 bits per heavy atom. The van der Waals surface area contributed by atoms with Crippen LogP contribution in [0, 0.1) is 13.8 Å². The van der Waals surface area contributed by atoms with Crippen LogP contribution in [0.25, 0.3) is 0 Å². The number of benzene rings is 1. The van der Waals surface area contributed by atoms with E-state index in [2.05, 4.69) is 30.4 Å². The average Bonchev–Trinajstić information content (AvgIpc) is 2.59. The molecule has 0 aliphatic rings. The number of nitrogens with zero attached hydrogens (tertiary/aromatic N) is 6. The monoisotopic (exact) mass is 316 g/mol. The fourth-order valence-corrected chi connectivity index (χ4v) is 1.97. The highest BCUT2D eigenvalue weighted by Crippen LogP contribution is 2.22. The average molecular weight is 316 g/mol.